The van der Waals surface area contributed by atoms with Gasteiger partial charge in [-0.1, -0.05) is 6.42 Å². The maximum atomic E-state index is 12.2. The van der Waals surface area contributed by atoms with Gasteiger partial charge in [-0.2, -0.15) is 5.26 Å². The fraction of sp³-hybridized carbons (Fsp3) is 0.846. The normalized spacial score (nSPS) is 43.0. The molecule has 2 aliphatic carbocycles. The largest absolute Gasteiger partial charge is 0.468 e. The molecular formula is C13H18N2O3. The van der Waals surface area contributed by atoms with Gasteiger partial charge >= 0.3 is 5.97 Å². The number of carbonyl (C=O) groups is 1. The molecule has 0 amide bonds. The molecule has 3 atom stereocenters. The lowest BCUT2D eigenvalue weighted by Crippen LogP contribution is -2.50. The maximum absolute atomic E-state index is 12.2. The quantitative estimate of drug-likeness (QED) is 0.670. The van der Waals surface area contributed by atoms with Gasteiger partial charge in [0.15, 0.2) is 0 Å². The zero-order valence-corrected chi connectivity index (χ0v) is 10.6. The van der Waals surface area contributed by atoms with Crippen LogP contribution in [0.5, 0.6) is 0 Å². The Kier molecular flexibility index (Phi) is 2.61. The number of rotatable bonds is 2. The van der Waals surface area contributed by atoms with Gasteiger partial charge in [0, 0.05) is 19.0 Å². The van der Waals surface area contributed by atoms with E-state index < -0.39 is 11.0 Å². The molecule has 98 valence electrons. The molecule has 0 unspecified atom stereocenters. The van der Waals surface area contributed by atoms with E-state index >= 15 is 0 Å². The predicted molar refractivity (Wildman–Crippen MR) is 62.5 cm³/mol. The number of ether oxygens (including phenoxy) is 2. The number of morpholine rings is 1. The summed E-state index contributed by atoms with van der Waals surface area (Å²) in [6, 6.07) is 2.45. The lowest BCUT2D eigenvalue weighted by atomic mass is 9.94. The number of carbonyl (C=O) groups excluding carboxylic acids is 1. The van der Waals surface area contributed by atoms with Crippen molar-refractivity contribution in [3.63, 3.8) is 0 Å². The smallest absolute Gasteiger partial charge is 0.315 e. The van der Waals surface area contributed by atoms with Gasteiger partial charge in [0.05, 0.1) is 26.4 Å². The molecule has 18 heavy (non-hydrogen) atoms. The van der Waals surface area contributed by atoms with Crippen LogP contribution in [0.4, 0.5) is 0 Å². The van der Waals surface area contributed by atoms with Crippen molar-refractivity contribution in [2.45, 2.75) is 24.8 Å². The van der Waals surface area contributed by atoms with Crippen LogP contribution in [0.15, 0.2) is 0 Å². The van der Waals surface area contributed by atoms with E-state index in [0.29, 0.717) is 13.2 Å². The van der Waals surface area contributed by atoms with E-state index in [1.807, 2.05) is 0 Å². The first kappa shape index (κ1) is 11.9. The van der Waals surface area contributed by atoms with Crippen molar-refractivity contribution < 1.29 is 14.3 Å². The molecule has 0 aromatic heterocycles. The Hall–Kier alpha value is -1.12. The first-order valence-electron chi connectivity index (χ1n) is 6.56. The summed E-state index contributed by atoms with van der Waals surface area (Å²) in [5.41, 5.74) is -1.18. The summed E-state index contributed by atoms with van der Waals surface area (Å²) < 4.78 is 10.3. The van der Waals surface area contributed by atoms with E-state index in [4.69, 9.17) is 9.47 Å². The minimum absolute atomic E-state index is 0.153. The molecule has 0 aromatic rings. The van der Waals surface area contributed by atoms with E-state index in [1.165, 1.54) is 7.11 Å². The second kappa shape index (κ2) is 3.94. The molecular weight excluding hydrogens is 232 g/mol. The summed E-state index contributed by atoms with van der Waals surface area (Å²) in [6.07, 6.45) is 2.77. The summed E-state index contributed by atoms with van der Waals surface area (Å²) in [5, 5.41) is 9.68. The fourth-order valence-corrected chi connectivity index (χ4v) is 4.25. The molecule has 5 nitrogen and oxygen atoms in total. The van der Waals surface area contributed by atoms with Crippen LogP contribution in [0.2, 0.25) is 0 Å². The third-order valence-corrected chi connectivity index (χ3v) is 4.99. The van der Waals surface area contributed by atoms with Crippen LogP contribution >= 0.6 is 0 Å². The lowest BCUT2D eigenvalue weighted by molar-refractivity contribution is -0.149. The molecule has 0 radical (unpaired) electrons. The van der Waals surface area contributed by atoms with Crippen molar-refractivity contribution >= 4 is 5.97 Å². The fourth-order valence-electron chi connectivity index (χ4n) is 4.25. The highest BCUT2D eigenvalue weighted by Gasteiger charge is 2.85. The summed E-state index contributed by atoms with van der Waals surface area (Å²) in [4.78, 5) is 14.3. The van der Waals surface area contributed by atoms with E-state index in [1.54, 1.807) is 0 Å². The Bertz CT molecular complexity index is 413. The molecule has 1 heterocycles. The van der Waals surface area contributed by atoms with Gasteiger partial charge in [-0.25, -0.2) is 0 Å². The first-order valence-corrected chi connectivity index (χ1v) is 6.56. The number of fused-ring (bicyclic) bond motifs is 1. The summed E-state index contributed by atoms with van der Waals surface area (Å²) in [6.45, 7) is 2.77. The Morgan fingerprint density at radius 3 is 2.83 bits per heavy atom. The van der Waals surface area contributed by atoms with Gasteiger partial charge in [0.1, 0.15) is 11.0 Å². The summed E-state index contributed by atoms with van der Waals surface area (Å²) >= 11 is 0. The highest BCUT2D eigenvalue weighted by atomic mass is 16.5. The average Bonchev–Trinajstić information content (AvgIpc) is 2.76. The van der Waals surface area contributed by atoms with Crippen molar-refractivity contribution in [1.29, 1.82) is 5.26 Å². The van der Waals surface area contributed by atoms with Crippen LogP contribution in [-0.4, -0.2) is 49.8 Å². The molecule has 0 spiro atoms. The molecule has 0 N–H and O–H groups in total. The molecule has 3 aliphatic rings. The zero-order valence-electron chi connectivity index (χ0n) is 10.6. The van der Waals surface area contributed by atoms with Crippen molar-refractivity contribution in [3.05, 3.63) is 0 Å². The number of esters is 1. The molecule has 5 heteroatoms. The van der Waals surface area contributed by atoms with E-state index in [0.717, 1.165) is 32.4 Å². The van der Waals surface area contributed by atoms with E-state index in [-0.39, 0.29) is 11.9 Å². The molecule has 1 aliphatic heterocycles. The number of hydrogen-bond donors (Lipinski definition) is 0. The van der Waals surface area contributed by atoms with Crippen molar-refractivity contribution in [2.75, 3.05) is 33.4 Å². The Morgan fingerprint density at radius 1 is 1.50 bits per heavy atom. The Balaban J connectivity index is 1.94. The third-order valence-electron chi connectivity index (χ3n) is 4.99. The Labute approximate surface area is 107 Å². The van der Waals surface area contributed by atoms with Crippen molar-refractivity contribution in [3.8, 4) is 6.07 Å². The maximum Gasteiger partial charge on any atom is 0.315 e. The van der Waals surface area contributed by atoms with Crippen LogP contribution in [-0.2, 0) is 14.3 Å². The van der Waals surface area contributed by atoms with Crippen molar-refractivity contribution in [2.24, 2.45) is 11.3 Å². The summed E-state index contributed by atoms with van der Waals surface area (Å²) in [5.74, 6) is -0.0430. The highest BCUT2D eigenvalue weighted by molar-refractivity contribution is 5.86. The van der Waals surface area contributed by atoms with Gasteiger partial charge in [0.2, 0.25) is 0 Å². The minimum atomic E-state index is -0.623. The average molecular weight is 250 g/mol. The number of methoxy groups -OCH3 is 1. The van der Waals surface area contributed by atoms with Crippen LogP contribution < -0.4 is 0 Å². The van der Waals surface area contributed by atoms with Gasteiger partial charge in [0.25, 0.3) is 0 Å². The van der Waals surface area contributed by atoms with Gasteiger partial charge in [-0.3, -0.25) is 9.69 Å². The third kappa shape index (κ3) is 1.15. The second-order valence-corrected chi connectivity index (χ2v) is 5.39. The van der Waals surface area contributed by atoms with Gasteiger partial charge in [-0.15, -0.1) is 0 Å². The summed E-state index contributed by atoms with van der Waals surface area (Å²) in [7, 11) is 1.42. The zero-order chi connectivity index (χ0) is 12.8. The molecule has 3 fully saturated rings. The first-order chi connectivity index (χ1) is 8.74. The second-order valence-electron chi connectivity index (χ2n) is 5.39. The monoisotopic (exact) mass is 250 g/mol. The number of nitrogens with zero attached hydrogens (tertiary/aromatic N) is 2. The van der Waals surface area contributed by atoms with Crippen LogP contribution in [0, 0.1) is 22.7 Å². The Morgan fingerprint density at radius 2 is 2.22 bits per heavy atom. The number of hydrogen-bond acceptors (Lipinski definition) is 5. The molecule has 1 saturated heterocycles. The van der Waals surface area contributed by atoms with Gasteiger partial charge < -0.3 is 9.47 Å². The topological polar surface area (TPSA) is 62.6 Å². The van der Waals surface area contributed by atoms with Crippen LogP contribution in [0.3, 0.4) is 0 Å². The molecule has 3 rings (SSSR count). The lowest BCUT2D eigenvalue weighted by Gasteiger charge is -2.34. The number of nitriles is 1. The van der Waals surface area contributed by atoms with Crippen LogP contribution in [0.25, 0.3) is 0 Å². The minimum Gasteiger partial charge on any atom is -0.468 e. The van der Waals surface area contributed by atoms with Gasteiger partial charge in [-0.05, 0) is 12.8 Å². The SMILES string of the molecule is COC(=O)[C@@]12CCC[C@@H]1[C@]2(C#N)N1CCOCC1. The highest BCUT2D eigenvalue weighted by Crippen LogP contribution is 2.73. The van der Waals surface area contributed by atoms with Crippen LogP contribution in [0.1, 0.15) is 19.3 Å². The molecule has 0 aromatic carbocycles. The predicted octanol–water partition coefficient (Wildman–Crippen LogP) is 0.554. The van der Waals surface area contributed by atoms with E-state index in [9.17, 15) is 10.1 Å². The van der Waals surface area contributed by atoms with E-state index in [2.05, 4.69) is 11.0 Å². The molecule has 2 saturated carbocycles. The standard InChI is InChI=1S/C13H18N2O3/c1-17-11(16)12-4-2-3-10(12)13(12,9-14)15-5-7-18-8-6-15/h10H,2-8H2,1H3/t10-,12+,13-/m0/s1. The van der Waals surface area contributed by atoms with Crippen molar-refractivity contribution in [1.82, 2.24) is 4.90 Å². The molecule has 0 bridgehead atoms.